The molecule has 5 aromatic rings. The molecule has 103 heavy (non-hydrogen) atoms. The number of likely N-dealkylation sites (tertiary alicyclic amines) is 5. The van der Waals surface area contributed by atoms with Gasteiger partial charge in [-0.3, -0.25) is 4.98 Å². The Morgan fingerprint density at radius 1 is 0.544 bits per heavy atom. The lowest BCUT2D eigenvalue weighted by molar-refractivity contribution is -0.0677. The van der Waals surface area contributed by atoms with Gasteiger partial charge in [-0.25, -0.2) is 13.6 Å². The van der Waals surface area contributed by atoms with Crippen LogP contribution in [-0.4, -0.2) is 182 Å². The molecule has 0 spiro atoms. The minimum absolute atomic E-state index is 0.150. The molecule has 6 saturated heterocycles. The van der Waals surface area contributed by atoms with Crippen molar-refractivity contribution in [3.63, 3.8) is 0 Å². The average molecular weight is 1460 g/mol. The summed E-state index contributed by atoms with van der Waals surface area (Å²) in [4.78, 5) is 28.2. The molecule has 14 nitrogen and oxygen atoms in total. The van der Waals surface area contributed by atoms with E-state index >= 15 is 4.39 Å². The van der Waals surface area contributed by atoms with Crippen molar-refractivity contribution in [1.29, 1.82) is 0 Å². The van der Waals surface area contributed by atoms with E-state index in [1.165, 1.54) is 132 Å². The third-order valence-electron chi connectivity index (χ3n) is 25.1. The summed E-state index contributed by atoms with van der Waals surface area (Å²) >= 11 is 12.3. The van der Waals surface area contributed by atoms with Crippen LogP contribution in [0.5, 0.6) is 23.0 Å². The molecule has 1 aromatic heterocycles. The summed E-state index contributed by atoms with van der Waals surface area (Å²) < 4.78 is 68.0. The number of aromatic nitrogens is 1. The maximum Gasteiger partial charge on any atom is 0.409 e. The van der Waals surface area contributed by atoms with Crippen LogP contribution in [0.1, 0.15) is 189 Å². The van der Waals surface area contributed by atoms with Crippen molar-refractivity contribution >= 4 is 29.3 Å². The molecule has 0 radical (unpaired) electrons. The third-order valence-corrected chi connectivity index (χ3v) is 25.6. The lowest BCUT2D eigenvalue weighted by atomic mass is 9.81. The summed E-state index contributed by atoms with van der Waals surface area (Å²) in [6.45, 7) is 18.3. The zero-order valence-electron chi connectivity index (χ0n) is 63.1. The smallest absolute Gasteiger partial charge is 0.409 e. The van der Waals surface area contributed by atoms with Crippen LogP contribution in [0.25, 0.3) is 11.1 Å². The largest absolute Gasteiger partial charge is 0.496 e. The normalized spacial score (nSPS) is 24.5. The van der Waals surface area contributed by atoms with Crippen LogP contribution in [0, 0.1) is 35.4 Å². The fourth-order valence-electron chi connectivity index (χ4n) is 19.1. The molecular weight excluding hydrogens is 1340 g/mol. The van der Waals surface area contributed by atoms with E-state index in [-0.39, 0.29) is 17.5 Å². The monoisotopic (exact) mass is 1460 g/mol. The van der Waals surface area contributed by atoms with Crippen LogP contribution in [0.15, 0.2) is 97.3 Å². The highest BCUT2D eigenvalue weighted by Crippen LogP contribution is 2.49. The molecule has 566 valence electrons. The molecule has 7 heterocycles. The van der Waals surface area contributed by atoms with Gasteiger partial charge in [0.05, 0.1) is 40.6 Å². The molecule has 3 saturated carbocycles. The number of fused-ring (bicyclic) bond motifs is 2. The second-order valence-electron chi connectivity index (χ2n) is 31.0. The number of alkyl halides is 1. The molecule has 2 unspecified atom stereocenters. The minimum Gasteiger partial charge on any atom is -0.496 e. The Labute approximate surface area is 625 Å². The summed E-state index contributed by atoms with van der Waals surface area (Å²) in [6, 6.07) is 28.4. The van der Waals surface area contributed by atoms with E-state index in [1.54, 1.807) is 70.8 Å². The average Bonchev–Trinajstić information content (AvgIpc) is 1.61. The number of benzene rings is 4. The van der Waals surface area contributed by atoms with E-state index < -0.39 is 5.67 Å². The van der Waals surface area contributed by atoms with Gasteiger partial charge in [-0.1, -0.05) is 55.5 Å². The van der Waals surface area contributed by atoms with Crippen molar-refractivity contribution in [3.8, 4) is 34.1 Å². The van der Waals surface area contributed by atoms with Crippen molar-refractivity contribution < 1.29 is 46.7 Å². The summed E-state index contributed by atoms with van der Waals surface area (Å²) in [5, 5.41) is 1.26. The molecule has 9 fully saturated rings. The maximum absolute atomic E-state index is 15.7. The Bertz CT molecular complexity index is 3390. The molecular formula is C85H120Cl2F2N6O8. The van der Waals surface area contributed by atoms with Gasteiger partial charge in [0, 0.05) is 124 Å². The first-order valence-corrected chi connectivity index (χ1v) is 40.2. The van der Waals surface area contributed by atoms with Crippen LogP contribution >= 0.6 is 23.2 Å². The predicted molar refractivity (Wildman–Crippen MR) is 410 cm³/mol. The molecule has 2 bridgehead atoms. The van der Waals surface area contributed by atoms with Gasteiger partial charge in [-0.15, -0.1) is 0 Å². The lowest BCUT2D eigenvalue weighted by Gasteiger charge is -2.43. The number of carbonyl (C=O) groups is 1. The first-order valence-electron chi connectivity index (χ1n) is 39.4. The van der Waals surface area contributed by atoms with E-state index in [0.717, 1.165) is 167 Å². The molecule has 4 aromatic carbocycles. The Hall–Kier alpha value is -5.30. The Morgan fingerprint density at radius 3 is 1.64 bits per heavy atom. The van der Waals surface area contributed by atoms with Gasteiger partial charge in [-0.2, -0.15) is 0 Å². The van der Waals surface area contributed by atoms with Crippen LogP contribution in [0.2, 0.25) is 10.0 Å². The molecule has 18 heteroatoms. The number of carbonyl (C=O) groups excluding carboxylic acids is 1. The van der Waals surface area contributed by atoms with Crippen molar-refractivity contribution in [2.45, 2.75) is 190 Å². The number of amides is 1. The third kappa shape index (κ3) is 20.7. The first-order chi connectivity index (χ1) is 50.1. The van der Waals surface area contributed by atoms with Gasteiger partial charge in [0.1, 0.15) is 34.5 Å². The van der Waals surface area contributed by atoms with Gasteiger partial charge in [0.25, 0.3) is 0 Å². The van der Waals surface area contributed by atoms with Crippen LogP contribution in [0.4, 0.5) is 13.6 Å². The highest BCUT2D eigenvalue weighted by Gasteiger charge is 2.44. The van der Waals surface area contributed by atoms with E-state index in [4.69, 9.17) is 56.4 Å². The van der Waals surface area contributed by atoms with Crippen molar-refractivity contribution in [3.05, 3.63) is 135 Å². The fraction of sp³-hybridized carbons (Fsp3) is 0.647. The minimum atomic E-state index is -1.40. The van der Waals surface area contributed by atoms with E-state index in [9.17, 15) is 9.18 Å². The van der Waals surface area contributed by atoms with Crippen molar-refractivity contribution in [2.75, 3.05) is 134 Å². The zero-order chi connectivity index (χ0) is 72.3. The Morgan fingerprint density at radius 2 is 1.09 bits per heavy atom. The number of nitrogens with zero attached hydrogens (tertiary/aromatic N) is 6. The number of hydrogen-bond acceptors (Lipinski definition) is 13. The molecule has 9 aliphatic rings. The molecule has 6 aliphatic heterocycles. The van der Waals surface area contributed by atoms with Gasteiger partial charge in [-0.05, 0) is 292 Å². The lowest BCUT2D eigenvalue weighted by Crippen LogP contribution is -2.45. The van der Waals surface area contributed by atoms with Crippen molar-refractivity contribution in [1.82, 2.24) is 29.5 Å². The standard InChI is InChI=1S/C24H30N2O.C21H30ClFN2O3.C21H32FNO.C19H28ClNO3/c1-27-24-5-4-20(18-6-10-25-11-7-18)16-22(24)19-8-12-26(13-9-19)23-15-17-2-3-21(23)14-17;1-3-28-20(26)25-10-6-16(7-11-25)15-24-12-8-21(23,9-13-24)18-14-17(22)4-5-19(18)27-2;1-3-4-16-5-8-19(9-6-16)23-13-11-17(12-14-23)20-15-18(22)7-10-21(20)24-2;1-22-18-4-3-16(20)13-17(18)19(23-2)7-9-21(10-8-19)14-15-5-11-24-12-6-15/h4-7,10-11,16-17,19,21,23H,2-3,8-9,12-15H2,1H3;4-5,14,16H,3,6-13,15H2,1-2H3;7,10,15-17,19H,3-6,8-9,11-14H2,1-2H3;3-4,13,15H,5-12,14H2,1-2H3/t17?,21?,23-;;;/m1.../s1. The van der Waals surface area contributed by atoms with Crippen LogP contribution in [0.3, 0.4) is 0 Å². The summed E-state index contributed by atoms with van der Waals surface area (Å²) in [6.07, 6.45) is 29.7. The van der Waals surface area contributed by atoms with Crippen LogP contribution in [-0.2, 0) is 25.5 Å². The maximum atomic E-state index is 15.7. The summed E-state index contributed by atoms with van der Waals surface area (Å²) in [7, 11) is 8.55. The van der Waals surface area contributed by atoms with Gasteiger partial charge >= 0.3 is 6.09 Å². The Balaban J connectivity index is 0.000000138. The zero-order valence-corrected chi connectivity index (χ0v) is 64.6. The van der Waals surface area contributed by atoms with Crippen LogP contribution < -0.4 is 18.9 Å². The number of methoxy groups -OCH3 is 5. The van der Waals surface area contributed by atoms with E-state index in [0.29, 0.717) is 66.6 Å². The number of halogens is 4. The topological polar surface area (TPSA) is 111 Å². The SMILES string of the molecule is CCCC1CCC(N2CCC(c3cc(F)ccc3OC)CC2)CC1.CCOC(=O)N1CCC(CN2CCC(F)(c3cc(Cl)ccc3OC)CC2)CC1.COc1ccc(-c2ccncc2)cc1C1CCN([C@@H]2CC3CCC2C3)CC1.COc1ccc(Cl)cc1C1(OC)CCN(CC2CCOCC2)CC1. The molecule has 1 amide bonds. The van der Waals surface area contributed by atoms with Gasteiger partial charge in [0.15, 0.2) is 0 Å². The summed E-state index contributed by atoms with van der Waals surface area (Å²) in [5.41, 5.74) is 4.87. The van der Waals surface area contributed by atoms with Gasteiger partial charge in [0.2, 0.25) is 0 Å². The quantitative estimate of drug-likeness (QED) is 0.0783. The number of hydrogen-bond donors (Lipinski definition) is 0. The second kappa shape index (κ2) is 38.5. The van der Waals surface area contributed by atoms with Crippen molar-refractivity contribution in [2.24, 2.45) is 29.6 Å². The van der Waals surface area contributed by atoms with E-state index in [1.807, 2.05) is 37.5 Å². The highest BCUT2D eigenvalue weighted by atomic mass is 35.5. The molecule has 3 atom stereocenters. The predicted octanol–water partition coefficient (Wildman–Crippen LogP) is 18.7. The van der Waals surface area contributed by atoms with E-state index in [2.05, 4.69) is 61.8 Å². The number of ether oxygens (including phenoxy) is 7. The Kier molecular flexibility index (Phi) is 29.4. The molecule has 3 aliphatic carbocycles. The highest BCUT2D eigenvalue weighted by molar-refractivity contribution is 6.31. The second-order valence-corrected chi connectivity index (χ2v) is 31.9. The number of rotatable bonds is 19. The van der Waals surface area contributed by atoms with Gasteiger partial charge < -0.3 is 57.7 Å². The number of piperidine rings is 5. The fourth-order valence-corrected chi connectivity index (χ4v) is 19.4. The molecule has 14 rings (SSSR count). The number of pyridine rings is 1. The summed E-state index contributed by atoms with van der Waals surface area (Å²) in [5.74, 6) is 8.52. The molecule has 0 N–H and O–H groups in total. The first kappa shape index (κ1) is 78.8.